The summed E-state index contributed by atoms with van der Waals surface area (Å²) in [7, 11) is 0. The molecule has 0 bridgehead atoms. The van der Waals surface area contributed by atoms with E-state index in [-0.39, 0.29) is 0 Å². The molecule has 0 spiro atoms. The number of nitrogens with zero attached hydrogens (tertiary/aromatic N) is 1. The second-order valence-electron chi connectivity index (χ2n) is 4.17. The van der Waals surface area contributed by atoms with Crippen molar-refractivity contribution < 1.29 is 4.79 Å². The molecule has 2 aliphatic rings. The van der Waals surface area contributed by atoms with Crippen LogP contribution in [0, 0.1) is 5.92 Å². The normalized spacial score (nSPS) is 32.3. The maximum absolute atomic E-state index is 11.7. The molecule has 5 heteroatoms. The van der Waals surface area contributed by atoms with Crippen molar-refractivity contribution in [1.29, 1.82) is 0 Å². The number of carbonyl (C=O) groups excluding carboxylic acids is 1. The molecule has 1 amide bonds. The van der Waals surface area contributed by atoms with Crippen LogP contribution in [0.15, 0.2) is 0 Å². The highest BCUT2D eigenvalue weighted by atomic mass is 32.2. The SMILES string of the molecule is NCC1CC(=O)N(CC2CSCCS2)C1. The fourth-order valence-electron chi connectivity index (χ4n) is 2.08. The van der Waals surface area contributed by atoms with Crippen LogP contribution in [0.2, 0.25) is 0 Å². The minimum Gasteiger partial charge on any atom is -0.341 e. The van der Waals surface area contributed by atoms with Crippen molar-refractivity contribution in [3.05, 3.63) is 0 Å². The lowest BCUT2D eigenvalue weighted by Gasteiger charge is -2.26. The third-order valence-corrected chi connectivity index (χ3v) is 5.76. The molecule has 0 aromatic heterocycles. The van der Waals surface area contributed by atoms with E-state index in [1.54, 1.807) is 0 Å². The van der Waals surface area contributed by atoms with Crippen LogP contribution in [0.3, 0.4) is 0 Å². The molecule has 2 saturated heterocycles. The summed E-state index contributed by atoms with van der Waals surface area (Å²) in [5.41, 5.74) is 5.60. The highest BCUT2D eigenvalue weighted by Crippen LogP contribution is 2.26. The van der Waals surface area contributed by atoms with Crippen molar-refractivity contribution in [3.63, 3.8) is 0 Å². The predicted molar refractivity (Wildman–Crippen MR) is 67.3 cm³/mol. The molecule has 0 radical (unpaired) electrons. The van der Waals surface area contributed by atoms with Gasteiger partial charge in [-0.3, -0.25) is 4.79 Å². The highest BCUT2D eigenvalue weighted by molar-refractivity contribution is 8.06. The molecule has 2 heterocycles. The van der Waals surface area contributed by atoms with E-state index in [0.717, 1.165) is 13.1 Å². The number of rotatable bonds is 3. The van der Waals surface area contributed by atoms with E-state index in [4.69, 9.17) is 5.73 Å². The monoisotopic (exact) mass is 246 g/mol. The topological polar surface area (TPSA) is 46.3 Å². The first-order valence-electron chi connectivity index (χ1n) is 5.46. The Labute approximate surface area is 99.5 Å². The van der Waals surface area contributed by atoms with E-state index in [1.165, 1.54) is 17.3 Å². The minimum atomic E-state index is 0.307. The Morgan fingerprint density at radius 3 is 2.93 bits per heavy atom. The Bertz CT molecular complexity index is 231. The van der Waals surface area contributed by atoms with Gasteiger partial charge in [-0.1, -0.05) is 0 Å². The van der Waals surface area contributed by atoms with E-state index >= 15 is 0 Å². The van der Waals surface area contributed by atoms with Gasteiger partial charge < -0.3 is 10.6 Å². The summed E-state index contributed by atoms with van der Waals surface area (Å²) in [6.07, 6.45) is 0.668. The zero-order chi connectivity index (χ0) is 10.7. The van der Waals surface area contributed by atoms with Gasteiger partial charge in [-0.05, 0) is 12.5 Å². The Kier molecular flexibility index (Phi) is 4.22. The number of nitrogens with two attached hydrogens (primary N) is 1. The smallest absolute Gasteiger partial charge is 0.223 e. The maximum Gasteiger partial charge on any atom is 0.223 e. The van der Waals surface area contributed by atoms with Crippen LogP contribution in [0.1, 0.15) is 6.42 Å². The van der Waals surface area contributed by atoms with Crippen molar-refractivity contribution in [3.8, 4) is 0 Å². The summed E-state index contributed by atoms with van der Waals surface area (Å²) in [4.78, 5) is 13.7. The number of hydrogen-bond acceptors (Lipinski definition) is 4. The molecule has 0 aliphatic carbocycles. The second-order valence-corrected chi connectivity index (χ2v) is 6.73. The van der Waals surface area contributed by atoms with Gasteiger partial charge in [0.25, 0.3) is 0 Å². The molecule has 0 aromatic carbocycles. The highest BCUT2D eigenvalue weighted by Gasteiger charge is 2.30. The first-order chi connectivity index (χ1) is 7.29. The van der Waals surface area contributed by atoms with Gasteiger partial charge in [-0.2, -0.15) is 23.5 Å². The predicted octanol–water partition coefficient (Wildman–Crippen LogP) is 0.642. The van der Waals surface area contributed by atoms with Crippen molar-refractivity contribution in [2.75, 3.05) is 36.9 Å². The molecule has 2 fully saturated rings. The number of amides is 1. The molecule has 2 atom stereocenters. The maximum atomic E-state index is 11.7. The van der Waals surface area contributed by atoms with Gasteiger partial charge in [-0.25, -0.2) is 0 Å². The van der Waals surface area contributed by atoms with Crippen LogP contribution >= 0.6 is 23.5 Å². The van der Waals surface area contributed by atoms with Crippen molar-refractivity contribution >= 4 is 29.4 Å². The molecule has 2 unspecified atom stereocenters. The lowest BCUT2D eigenvalue weighted by molar-refractivity contribution is -0.127. The van der Waals surface area contributed by atoms with Gasteiger partial charge in [0, 0.05) is 42.0 Å². The standard InChI is InChI=1S/C10H18N2OS2/c11-4-8-3-10(13)12(5-8)6-9-7-14-1-2-15-9/h8-9H,1-7,11H2. The zero-order valence-corrected chi connectivity index (χ0v) is 10.5. The van der Waals surface area contributed by atoms with Crippen molar-refractivity contribution in [2.24, 2.45) is 11.7 Å². The Morgan fingerprint density at radius 2 is 2.33 bits per heavy atom. The van der Waals surface area contributed by atoms with Crippen LogP contribution in [0.4, 0.5) is 0 Å². The van der Waals surface area contributed by atoms with Crippen LogP contribution in [0.25, 0.3) is 0 Å². The quantitative estimate of drug-likeness (QED) is 0.794. The molecular weight excluding hydrogens is 228 g/mol. The van der Waals surface area contributed by atoms with Crippen molar-refractivity contribution in [1.82, 2.24) is 4.90 Å². The Balaban J connectivity index is 1.81. The summed E-state index contributed by atoms with van der Waals surface area (Å²) < 4.78 is 0. The first-order valence-corrected chi connectivity index (χ1v) is 7.67. The third kappa shape index (κ3) is 3.04. The largest absolute Gasteiger partial charge is 0.341 e. The lowest BCUT2D eigenvalue weighted by Crippen LogP contribution is -2.35. The van der Waals surface area contributed by atoms with Crippen LogP contribution in [0.5, 0.6) is 0 Å². The Morgan fingerprint density at radius 1 is 1.47 bits per heavy atom. The molecule has 2 aliphatic heterocycles. The molecule has 86 valence electrons. The van der Waals surface area contributed by atoms with Crippen LogP contribution < -0.4 is 5.73 Å². The number of thioether (sulfide) groups is 2. The average Bonchev–Trinajstić information content (AvgIpc) is 2.61. The van der Waals surface area contributed by atoms with Gasteiger partial charge in [0.15, 0.2) is 0 Å². The minimum absolute atomic E-state index is 0.307. The summed E-state index contributed by atoms with van der Waals surface area (Å²) >= 11 is 4.03. The summed E-state index contributed by atoms with van der Waals surface area (Å²) in [6, 6.07) is 0. The van der Waals surface area contributed by atoms with Gasteiger partial charge in [0.1, 0.15) is 0 Å². The molecule has 0 saturated carbocycles. The summed E-state index contributed by atoms with van der Waals surface area (Å²) in [5, 5.41) is 0.643. The number of hydrogen-bond donors (Lipinski definition) is 1. The molecular formula is C10H18N2OS2. The summed E-state index contributed by atoms with van der Waals surface area (Å²) in [6.45, 7) is 2.47. The van der Waals surface area contributed by atoms with Crippen LogP contribution in [-0.4, -0.2) is 52.9 Å². The molecule has 15 heavy (non-hydrogen) atoms. The Hall–Kier alpha value is 0.130. The first kappa shape index (κ1) is 11.6. The fraction of sp³-hybridized carbons (Fsp3) is 0.900. The molecule has 3 nitrogen and oxygen atoms in total. The van der Waals surface area contributed by atoms with Crippen LogP contribution in [-0.2, 0) is 4.79 Å². The van der Waals surface area contributed by atoms with E-state index in [0.29, 0.717) is 30.0 Å². The van der Waals surface area contributed by atoms with Gasteiger partial charge in [0.05, 0.1) is 0 Å². The fourth-order valence-corrected chi connectivity index (χ4v) is 4.76. The van der Waals surface area contributed by atoms with Crippen molar-refractivity contribution in [2.45, 2.75) is 11.7 Å². The van der Waals surface area contributed by atoms with Gasteiger partial charge in [-0.15, -0.1) is 0 Å². The van der Waals surface area contributed by atoms with E-state index < -0.39 is 0 Å². The average molecular weight is 246 g/mol. The third-order valence-electron chi connectivity index (χ3n) is 2.94. The molecule has 2 N–H and O–H groups in total. The number of likely N-dealkylation sites (tertiary alicyclic amines) is 1. The molecule has 0 aromatic rings. The zero-order valence-electron chi connectivity index (χ0n) is 8.85. The number of carbonyl (C=O) groups is 1. The second kappa shape index (κ2) is 5.46. The molecule has 2 rings (SSSR count). The van der Waals surface area contributed by atoms with E-state index in [2.05, 4.69) is 0 Å². The lowest BCUT2D eigenvalue weighted by atomic mass is 10.1. The van der Waals surface area contributed by atoms with Gasteiger partial charge in [0.2, 0.25) is 5.91 Å². The van der Waals surface area contributed by atoms with Gasteiger partial charge >= 0.3 is 0 Å². The van der Waals surface area contributed by atoms with E-state index in [1.807, 2.05) is 28.4 Å². The van der Waals surface area contributed by atoms with E-state index in [9.17, 15) is 4.79 Å². The summed E-state index contributed by atoms with van der Waals surface area (Å²) in [5.74, 6) is 4.40.